The Hall–Kier alpha value is -2.39. The molecule has 2 rings (SSSR count). The number of benzene rings is 1. The van der Waals surface area contributed by atoms with Crippen LogP contribution in [0.2, 0.25) is 0 Å². The molecule has 0 radical (unpaired) electrons. The molecule has 0 aliphatic rings. The Balaban J connectivity index is 2.24. The maximum Gasteiger partial charge on any atom is 0.255 e. The Bertz CT molecular complexity index is 843. The molecule has 0 aliphatic heterocycles. The van der Waals surface area contributed by atoms with Crippen LogP contribution < -0.4 is 15.2 Å². The van der Waals surface area contributed by atoms with Crippen LogP contribution in [0.3, 0.4) is 0 Å². The largest absolute Gasteiger partial charge is 0.496 e. The number of primary sulfonamides is 1. The number of amides is 1. The van der Waals surface area contributed by atoms with E-state index in [-0.39, 0.29) is 28.8 Å². The van der Waals surface area contributed by atoms with E-state index in [4.69, 9.17) is 9.88 Å². The third kappa shape index (κ3) is 3.92. The van der Waals surface area contributed by atoms with Gasteiger partial charge in [0, 0.05) is 18.4 Å². The Morgan fingerprint density at radius 2 is 2.12 bits per heavy atom. The lowest BCUT2D eigenvalue weighted by Gasteiger charge is -2.13. The smallest absolute Gasteiger partial charge is 0.255 e. The number of rotatable bonds is 6. The van der Waals surface area contributed by atoms with E-state index in [1.54, 1.807) is 6.20 Å². The Morgan fingerprint density at radius 3 is 2.71 bits per heavy atom. The van der Waals surface area contributed by atoms with Gasteiger partial charge in [-0.15, -0.1) is 0 Å². The van der Waals surface area contributed by atoms with Gasteiger partial charge in [-0.3, -0.25) is 4.79 Å². The Labute approximate surface area is 140 Å². The van der Waals surface area contributed by atoms with Gasteiger partial charge >= 0.3 is 0 Å². The van der Waals surface area contributed by atoms with Crippen LogP contribution in [-0.4, -0.2) is 31.0 Å². The summed E-state index contributed by atoms with van der Waals surface area (Å²) < 4.78 is 30.0. The van der Waals surface area contributed by atoms with Gasteiger partial charge in [0.05, 0.1) is 24.1 Å². The van der Waals surface area contributed by atoms with Crippen molar-refractivity contribution in [3.8, 4) is 5.75 Å². The monoisotopic (exact) mass is 352 g/mol. The molecule has 130 valence electrons. The SMILES string of the molecule is COc1ccc(S(N)(=O)=O)cc1C(=O)NCc1nccn1C(C)C. The molecule has 0 unspecified atom stereocenters. The van der Waals surface area contributed by atoms with Crippen LogP contribution in [0.15, 0.2) is 35.5 Å². The molecule has 0 saturated carbocycles. The van der Waals surface area contributed by atoms with Crippen molar-refractivity contribution in [2.75, 3.05) is 7.11 Å². The highest BCUT2D eigenvalue weighted by atomic mass is 32.2. The lowest BCUT2D eigenvalue weighted by Crippen LogP contribution is -2.26. The average molecular weight is 352 g/mol. The van der Waals surface area contributed by atoms with Crippen LogP contribution in [0, 0.1) is 0 Å². The molecule has 24 heavy (non-hydrogen) atoms. The van der Waals surface area contributed by atoms with Gasteiger partial charge < -0.3 is 14.6 Å². The molecular formula is C15H20N4O4S. The second-order valence-electron chi connectivity index (χ2n) is 5.43. The average Bonchev–Trinajstić information content (AvgIpc) is 2.99. The molecule has 1 heterocycles. The number of aromatic nitrogens is 2. The zero-order valence-electron chi connectivity index (χ0n) is 13.7. The van der Waals surface area contributed by atoms with Gasteiger partial charge in [0.1, 0.15) is 11.6 Å². The number of nitrogens with one attached hydrogen (secondary N) is 1. The Morgan fingerprint density at radius 1 is 1.42 bits per heavy atom. The predicted molar refractivity (Wildman–Crippen MR) is 88.1 cm³/mol. The molecule has 0 spiro atoms. The van der Waals surface area contributed by atoms with Crippen LogP contribution in [0.1, 0.15) is 36.1 Å². The fourth-order valence-corrected chi connectivity index (χ4v) is 2.79. The highest BCUT2D eigenvalue weighted by molar-refractivity contribution is 7.89. The highest BCUT2D eigenvalue weighted by Crippen LogP contribution is 2.22. The molecule has 3 N–H and O–H groups in total. The first-order valence-corrected chi connectivity index (χ1v) is 8.79. The number of ether oxygens (including phenoxy) is 1. The summed E-state index contributed by atoms with van der Waals surface area (Å²) in [5.74, 6) is 0.475. The predicted octanol–water partition coefficient (Wildman–Crippen LogP) is 1.05. The number of sulfonamides is 1. The molecule has 0 aliphatic carbocycles. The van der Waals surface area contributed by atoms with Crippen LogP contribution in [0.5, 0.6) is 5.75 Å². The first-order valence-electron chi connectivity index (χ1n) is 7.24. The minimum atomic E-state index is -3.91. The number of hydrogen-bond acceptors (Lipinski definition) is 5. The molecule has 1 aromatic carbocycles. The van der Waals surface area contributed by atoms with Crippen molar-refractivity contribution >= 4 is 15.9 Å². The van der Waals surface area contributed by atoms with Crippen LogP contribution in [0.25, 0.3) is 0 Å². The molecule has 0 fully saturated rings. The van der Waals surface area contributed by atoms with Crippen LogP contribution in [0.4, 0.5) is 0 Å². The van der Waals surface area contributed by atoms with Crippen LogP contribution >= 0.6 is 0 Å². The maximum absolute atomic E-state index is 12.4. The number of carbonyl (C=O) groups excluding carboxylic acids is 1. The van der Waals surface area contributed by atoms with Gasteiger partial charge in [0.15, 0.2) is 0 Å². The van der Waals surface area contributed by atoms with Crippen molar-refractivity contribution in [1.82, 2.24) is 14.9 Å². The summed E-state index contributed by atoms with van der Waals surface area (Å²) in [4.78, 5) is 16.5. The maximum atomic E-state index is 12.4. The number of nitrogens with zero attached hydrogens (tertiary/aromatic N) is 2. The van der Waals surface area contributed by atoms with E-state index < -0.39 is 15.9 Å². The van der Waals surface area contributed by atoms with E-state index in [1.807, 2.05) is 24.6 Å². The number of nitrogens with two attached hydrogens (primary N) is 1. The van der Waals surface area contributed by atoms with Crippen molar-refractivity contribution in [1.29, 1.82) is 0 Å². The normalized spacial score (nSPS) is 11.5. The minimum absolute atomic E-state index is 0.0895. The zero-order chi connectivity index (χ0) is 17.9. The number of methoxy groups -OCH3 is 1. The summed E-state index contributed by atoms with van der Waals surface area (Å²) in [7, 11) is -2.51. The van der Waals surface area contributed by atoms with Crippen molar-refractivity contribution < 1.29 is 17.9 Å². The summed E-state index contributed by atoms with van der Waals surface area (Å²) >= 11 is 0. The molecule has 1 aromatic heterocycles. The second-order valence-corrected chi connectivity index (χ2v) is 7.00. The summed E-state index contributed by atoms with van der Waals surface area (Å²) in [5, 5.41) is 7.82. The molecule has 1 amide bonds. The van der Waals surface area contributed by atoms with Crippen molar-refractivity contribution in [3.05, 3.63) is 42.0 Å². The molecule has 0 bridgehead atoms. The van der Waals surface area contributed by atoms with Gasteiger partial charge in [-0.2, -0.15) is 0 Å². The lowest BCUT2D eigenvalue weighted by atomic mass is 10.2. The number of hydrogen-bond donors (Lipinski definition) is 2. The summed E-state index contributed by atoms with van der Waals surface area (Å²) in [6, 6.07) is 4.08. The summed E-state index contributed by atoms with van der Waals surface area (Å²) in [6.07, 6.45) is 3.48. The van der Waals surface area contributed by atoms with Gasteiger partial charge in [-0.05, 0) is 32.0 Å². The van der Waals surface area contributed by atoms with E-state index >= 15 is 0 Å². The molecular weight excluding hydrogens is 332 g/mol. The zero-order valence-corrected chi connectivity index (χ0v) is 14.5. The van der Waals surface area contributed by atoms with Crippen molar-refractivity contribution in [2.45, 2.75) is 31.3 Å². The van der Waals surface area contributed by atoms with Gasteiger partial charge in [-0.25, -0.2) is 18.5 Å². The minimum Gasteiger partial charge on any atom is -0.496 e. The standard InChI is InChI=1S/C15H20N4O4S/c1-10(2)19-7-6-17-14(19)9-18-15(20)12-8-11(24(16,21)22)4-5-13(12)23-3/h4-8,10H,9H2,1-3H3,(H,18,20)(H2,16,21,22). The summed E-state index contributed by atoms with van der Waals surface area (Å²) in [6.45, 7) is 4.21. The van der Waals surface area contributed by atoms with E-state index in [9.17, 15) is 13.2 Å². The molecule has 0 atom stereocenters. The van der Waals surface area contributed by atoms with Crippen molar-refractivity contribution in [3.63, 3.8) is 0 Å². The summed E-state index contributed by atoms with van der Waals surface area (Å²) in [5.41, 5.74) is 0.0895. The van der Waals surface area contributed by atoms with E-state index in [0.29, 0.717) is 5.82 Å². The third-order valence-corrected chi connectivity index (χ3v) is 4.37. The third-order valence-electron chi connectivity index (χ3n) is 3.46. The molecule has 0 saturated heterocycles. The molecule has 9 heteroatoms. The molecule has 2 aromatic rings. The van der Waals surface area contributed by atoms with Gasteiger partial charge in [-0.1, -0.05) is 0 Å². The lowest BCUT2D eigenvalue weighted by molar-refractivity contribution is 0.0946. The van der Waals surface area contributed by atoms with Crippen LogP contribution in [-0.2, 0) is 16.6 Å². The molecule has 8 nitrogen and oxygen atoms in total. The highest BCUT2D eigenvalue weighted by Gasteiger charge is 2.18. The van der Waals surface area contributed by atoms with Gasteiger partial charge in [0.2, 0.25) is 10.0 Å². The van der Waals surface area contributed by atoms with Crippen molar-refractivity contribution in [2.24, 2.45) is 5.14 Å². The fraction of sp³-hybridized carbons (Fsp3) is 0.333. The van der Waals surface area contributed by atoms with E-state index in [2.05, 4.69) is 10.3 Å². The Kier molecular flexibility index (Phi) is 5.25. The van der Waals surface area contributed by atoms with E-state index in [0.717, 1.165) is 0 Å². The topological polar surface area (TPSA) is 116 Å². The first-order chi connectivity index (χ1) is 11.2. The quantitative estimate of drug-likeness (QED) is 0.806. The second kappa shape index (κ2) is 7.02. The van der Waals surface area contributed by atoms with E-state index in [1.165, 1.54) is 25.3 Å². The number of carbonyl (C=O) groups is 1. The number of imidazole rings is 1. The van der Waals surface area contributed by atoms with Gasteiger partial charge in [0.25, 0.3) is 5.91 Å². The fourth-order valence-electron chi connectivity index (χ4n) is 2.25. The first kappa shape index (κ1) is 18.0.